The van der Waals surface area contributed by atoms with Crippen LogP contribution in [-0.2, 0) is 9.47 Å². The standard InChI is InChI=1S/C9H21NO2/c1-4-6-11-8-10(3)9-12-7-5-2/h4-9H2,1-3H3. The summed E-state index contributed by atoms with van der Waals surface area (Å²) in [6.07, 6.45) is 2.15. The summed E-state index contributed by atoms with van der Waals surface area (Å²) < 4.78 is 10.6. The summed E-state index contributed by atoms with van der Waals surface area (Å²) >= 11 is 0. The second kappa shape index (κ2) is 8.97. The third-order valence-electron chi connectivity index (χ3n) is 1.32. The Bertz CT molecular complexity index is 78.6. The van der Waals surface area contributed by atoms with Crippen LogP contribution in [-0.4, -0.2) is 38.6 Å². The summed E-state index contributed by atoms with van der Waals surface area (Å²) in [7, 11) is 1.99. The first-order chi connectivity index (χ1) is 5.81. The van der Waals surface area contributed by atoms with Crippen LogP contribution in [0.1, 0.15) is 26.7 Å². The topological polar surface area (TPSA) is 21.7 Å². The highest BCUT2D eigenvalue weighted by atomic mass is 16.5. The fourth-order valence-corrected chi connectivity index (χ4v) is 0.767. The van der Waals surface area contributed by atoms with Crippen molar-refractivity contribution in [2.75, 3.05) is 33.7 Å². The zero-order valence-corrected chi connectivity index (χ0v) is 8.51. The van der Waals surface area contributed by atoms with Gasteiger partial charge in [0.25, 0.3) is 0 Å². The molecule has 0 saturated carbocycles. The molecule has 0 aromatic carbocycles. The van der Waals surface area contributed by atoms with E-state index in [4.69, 9.17) is 9.47 Å². The van der Waals surface area contributed by atoms with Crippen LogP contribution in [0.2, 0.25) is 0 Å². The zero-order chi connectivity index (χ0) is 9.23. The molecule has 0 aliphatic heterocycles. The first kappa shape index (κ1) is 11.9. The molecule has 0 radical (unpaired) electrons. The quantitative estimate of drug-likeness (QED) is 0.414. The van der Waals surface area contributed by atoms with Crippen LogP contribution in [0.25, 0.3) is 0 Å². The first-order valence-electron chi connectivity index (χ1n) is 4.65. The second-order valence-corrected chi connectivity index (χ2v) is 2.93. The van der Waals surface area contributed by atoms with E-state index in [1.807, 2.05) is 11.9 Å². The monoisotopic (exact) mass is 175 g/mol. The van der Waals surface area contributed by atoms with E-state index in [1.54, 1.807) is 0 Å². The van der Waals surface area contributed by atoms with Crippen molar-refractivity contribution in [3.8, 4) is 0 Å². The van der Waals surface area contributed by atoms with Gasteiger partial charge < -0.3 is 9.47 Å². The van der Waals surface area contributed by atoms with Crippen molar-refractivity contribution in [2.24, 2.45) is 0 Å². The maximum atomic E-state index is 5.32. The Morgan fingerprint density at radius 2 is 1.33 bits per heavy atom. The van der Waals surface area contributed by atoms with Gasteiger partial charge in [-0.1, -0.05) is 13.8 Å². The van der Waals surface area contributed by atoms with Crippen molar-refractivity contribution in [1.29, 1.82) is 0 Å². The van der Waals surface area contributed by atoms with Gasteiger partial charge in [-0.2, -0.15) is 0 Å². The summed E-state index contributed by atoms with van der Waals surface area (Å²) in [4.78, 5) is 2.02. The van der Waals surface area contributed by atoms with Gasteiger partial charge in [0.1, 0.15) is 13.5 Å². The molecular weight excluding hydrogens is 154 g/mol. The van der Waals surface area contributed by atoms with E-state index in [9.17, 15) is 0 Å². The highest BCUT2D eigenvalue weighted by Gasteiger charge is 1.95. The summed E-state index contributed by atoms with van der Waals surface area (Å²) in [6, 6.07) is 0. The molecule has 0 aliphatic carbocycles. The van der Waals surface area contributed by atoms with Gasteiger partial charge in [0.05, 0.1) is 0 Å². The normalized spacial score (nSPS) is 11.0. The second-order valence-electron chi connectivity index (χ2n) is 2.93. The molecule has 3 heteroatoms. The van der Waals surface area contributed by atoms with Gasteiger partial charge in [0.2, 0.25) is 0 Å². The maximum Gasteiger partial charge on any atom is 0.100 e. The minimum Gasteiger partial charge on any atom is -0.366 e. The summed E-state index contributed by atoms with van der Waals surface area (Å²) in [5.74, 6) is 0. The number of ether oxygens (including phenoxy) is 2. The van der Waals surface area contributed by atoms with E-state index in [2.05, 4.69) is 13.8 Å². The Balaban J connectivity index is 3.04. The molecule has 0 aromatic rings. The van der Waals surface area contributed by atoms with Crippen LogP contribution >= 0.6 is 0 Å². The van der Waals surface area contributed by atoms with Gasteiger partial charge >= 0.3 is 0 Å². The highest BCUT2D eigenvalue weighted by molar-refractivity contribution is 4.34. The molecule has 0 heterocycles. The van der Waals surface area contributed by atoms with E-state index < -0.39 is 0 Å². The molecule has 0 unspecified atom stereocenters. The Labute approximate surface area is 75.6 Å². The van der Waals surface area contributed by atoms with E-state index in [-0.39, 0.29) is 0 Å². The molecule has 0 rings (SSSR count). The molecule has 0 bridgehead atoms. The molecule has 0 aliphatic rings. The van der Waals surface area contributed by atoms with Crippen LogP contribution in [0.3, 0.4) is 0 Å². The number of hydrogen-bond donors (Lipinski definition) is 0. The fraction of sp³-hybridized carbons (Fsp3) is 1.00. The Kier molecular flexibility index (Phi) is 8.88. The average molecular weight is 175 g/mol. The average Bonchev–Trinajstić information content (AvgIpc) is 2.06. The lowest BCUT2D eigenvalue weighted by molar-refractivity contribution is -0.0303. The lowest BCUT2D eigenvalue weighted by Crippen LogP contribution is -2.25. The maximum absolute atomic E-state index is 5.32. The number of hydrogen-bond acceptors (Lipinski definition) is 3. The van der Waals surface area contributed by atoms with Crippen LogP contribution in [0.5, 0.6) is 0 Å². The smallest absolute Gasteiger partial charge is 0.100 e. The van der Waals surface area contributed by atoms with Gasteiger partial charge in [-0.15, -0.1) is 0 Å². The third kappa shape index (κ3) is 7.98. The molecule has 0 aromatic heterocycles. The van der Waals surface area contributed by atoms with Gasteiger partial charge in [0, 0.05) is 13.2 Å². The minimum absolute atomic E-state index is 0.664. The molecule has 12 heavy (non-hydrogen) atoms. The minimum atomic E-state index is 0.664. The molecule has 0 spiro atoms. The first-order valence-corrected chi connectivity index (χ1v) is 4.65. The van der Waals surface area contributed by atoms with Gasteiger partial charge in [-0.05, 0) is 19.9 Å². The molecule has 0 amide bonds. The molecular formula is C9H21NO2. The number of nitrogens with zero attached hydrogens (tertiary/aromatic N) is 1. The number of rotatable bonds is 8. The van der Waals surface area contributed by atoms with E-state index in [1.165, 1.54) is 0 Å². The summed E-state index contributed by atoms with van der Waals surface area (Å²) in [5.41, 5.74) is 0. The lowest BCUT2D eigenvalue weighted by atomic mass is 10.5. The zero-order valence-electron chi connectivity index (χ0n) is 8.51. The van der Waals surface area contributed by atoms with Crippen molar-refractivity contribution in [3.05, 3.63) is 0 Å². The van der Waals surface area contributed by atoms with Crippen LogP contribution in [0.4, 0.5) is 0 Å². The van der Waals surface area contributed by atoms with E-state index >= 15 is 0 Å². The van der Waals surface area contributed by atoms with Crippen molar-refractivity contribution >= 4 is 0 Å². The van der Waals surface area contributed by atoms with Crippen LogP contribution in [0, 0.1) is 0 Å². The van der Waals surface area contributed by atoms with Crippen molar-refractivity contribution in [2.45, 2.75) is 26.7 Å². The largest absolute Gasteiger partial charge is 0.366 e. The van der Waals surface area contributed by atoms with Crippen molar-refractivity contribution in [3.63, 3.8) is 0 Å². The predicted molar refractivity (Wildman–Crippen MR) is 50.0 cm³/mol. The Morgan fingerprint density at radius 3 is 1.67 bits per heavy atom. The lowest BCUT2D eigenvalue weighted by Gasteiger charge is -2.16. The van der Waals surface area contributed by atoms with Crippen LogP contribution in [0.15, 0.2) is 0 Å². The Morgan fingerprint density at radius 1 is 0.917 bits per heavy atom. The van der Waals surface area contributed by atoms with E-state index in [0.717, 1.165) is 26.1 Å². The SMILES string of the molecule is CCCOCN(C)COCCC. The highest BCUT2D eigenvalue weighted by Crippen LogP contribution is 1.88. The molecule has 0 fully saturated rings. The summed E-state index contributed by atoms with van der Waals surface area (Å²) in [5, 5.41) is 0. The molecule has 0 atom stereocenters. The Hall–Kier alpha value is -0.120. The molecule has 3 nitrogen and oxygen atoms in total. The van der Waals surface area contributed by atoms with Gasteiger partial charge in [0.15, 0.2) is 0 Å². The summed E-state index contributed by atoms with van der Waals surface area (Å²) in [6.45, 7) is 7.20. The predicted octanol–water partition coefficient (Wildman–Crippen LogP) is 1.69. The fourth-order valence-electron chi connectivity index (χ4n) is 0.767. The van der Waals surface area contributed by atoms with Crippen molar-refractivity contribution < 1.29 is 9.47 Å². The van der Waals surface area contributed by atoms with E-state index in [0.29, 0.717) is 13.5 Å². The van der Waals surface area contributed by atoms with Crippen LogP contribution < -0.4 is 0 Å². The molecule has 0 N–H and O–H groups in total. The molecule has 74 valence electrons. The van der Waals surface area contributed by atoms with Gasteiger partial charge in [-0.3, -0.25) is 4.90 Å². The van der Waals surface area contributed by atoms with Gasteiger partial charge in [-0.25, -0.2) is 0 Å². The third-order valence-corrected chi connectivity index (χ3v) is 1.32. The van der Waals surface area contributed by atoms with Crippen molar-refractivity contribution in [1.82, 2.24) is 4.90 Å². The molecule has 0 saturated heterocycles.